The van der Waals surface area contributed by atoms with E-state index in [0.717, 1.165) is 17.3 Å². The highest BCUT2D eigenvalue weighted by Gasteiger charge is 2.14. The fraction of sp³-hybridized carbons (Fsp3) is 0.214. The summed E-state index contributed by atoms with van der Waals surface area (Å²) in [6, 6.07) is 6.13. The van der Waals surface area contributed by atoms with E-state index in [1.54, 1.807) is 0 Å². The Kier molecular flexibility index (Phi) is 2.98. The van der Waals surface area contributed by atoms with E-state index < -0.39 is 0 Å². The summed E-state index contributed by atoms with van der Waals surface area (Å²) in [5, 5.41) is 3.24. The van der Waals surface area contributed by atoms with Gasteiger partial charge in [-0.05, 0) is 54.6 Å². The summed E-state index contributed by atoms with van der Waals surface area (Å²) < 4.78 is 3.51. The van der Waals surface area contributed by atoms with Crippen molar-refractivity contribution in [3.8, 4) is 0 Å². The van der Waals surface area contributed by atoms with Crippen molar-refractivity contribution < 1.29 is 0 Å². The molecule has 2 nitrogen and oxygen atoms in total. The van der Waals surface area contributed by atoms with Crippen LogP contribution in [0.3, 0.4) is 0 Å². The highest BCUT2D eigenvalue weighted by molar-refractivity contribution is 14.1. The first-order valence-electron chi connectivity index (χ1n) is 5.86. The predicted molar refractivity (Wildman–Crippen MR) is 85.4 cm³/mol. The first kappa shape index (κ1) is 12.2. The molecule has 0 aliphatic heterocycles. The smallest absolute Gasteiger partial charge is 0.0707 e. The van der Waals surface area contributed by atoms with Gasteiger partial charge < -0.3 is 4.57 Å². The molecule has 0 atom stereocenters. The average Bonchev–Trinajstić information content (AvgIpc) is 2.65. The van der Waals surface area contributed by atoms with Crippen molar-refractivity contribution in [1.29, 1.82) is 0 Å². The summed E-state index contributed by atoms with van der Waals surface area (Å²) in [6.07, 6.45) is 1.87. The number of rotatable bonds is 1. The number of fused-ring (bicyclic) bond motifs is 3. The van der Waals surface area contributed by atoms with Gasteiger partial charge in [0.2, 0.25) is 0 Å². The number of pyridine rings is 1. The van der Waals surface area contributed by atoms with Crippen molar-refractivity contribution in [2.75, 3.05) is 0 Å². The Balaban J connectivity index is 2.66. The van der Waals surface area contributed by atoms with Crippen LogP contribution in [-0.2, 0) is 6.54 Å². The van der Waals surface area contributed by atoms with Gasteiger partial charge in [-0.25, -0.2) is 0 Å². The molecule has 0 amide bonds. The standard InChI is InChI=1S/C14H12ClIN2/c1-3-18-13-8(2)17-5-4-10(13)11-6-9(15)7-12(16)14(11)18/h4-7H,3H2,1-2H3. The fourth-order valence-electron chi connectivity index (χ4n) is 2.59. The van der Waals surface area contributed by atoms with Gasteiger partial charge in [-0.3, -0.25) is 4.98 Å². The maximum Gasteiger partial charge on any atom is 0.0707 e. The van der Waals surface area contributed by atoms with Gasteiger partial charge in [0.25, 0.3) is 0 Å². The zero-order valence-corrected chi connectivity index (χ0v) is 13.1. The van der Waals surface area contributed by atoms with Crippen LogP contribution in [0.2, 0.25) is 5.02 Å². The molecule has 92 valence electrons. The molecule has 0 aliphatic rings. The Morgan fingerprint density at radius 2 is 2.06 bits per heavy atom. The minimum absolute atomic E-state index is 0.788. The second-order valence-corrected chi connectivity index (χ2v) is 5.92. The Morgan fingerprint density at radius 3 is 2.78 bits per heavy atom. The van der Waals surface area contributed by atoms with E-state index in [1.165, 1.54) is 25.4 Å². The number of nitrogens with zero attached hydrogens (tertiary/aromatic N) is 2. The van der Waals surface area contributed by atoms with Crippen molar-refractivity contribution in [1.82, 2.24) is 9.55 Å². The number of hydrogen-bond acceptors (Lipinski definition) is 1. The Morgan fingerprint density at radius 1 is 1.28 bits per heavy atom. The lowest BCUT2D eigenvalue weighted by Gasteiger charge is -2.06. The van der Waals surface area contributed by atoms with Crippen molar-refractivity contribution in [2.45, 2.75) is 20.4 Å². The van der Waals surface area contributed by atoms with Crippen LogP contribution in [0.4, 0.5) is 0 Å². The van der Waals surface area contributed by atoms with Gasteiger partial charge in [0.05, 0.1) is 16.7 Å². The van der Waals surface area contributed by atoms with Gasteiger partial charge in [0, 0.05) is 32.1 Å². The highest BCUT2D eigenvalue weighted by Crippen LogP contribution is 2.34. The lowest BCUT2D eigenvalue weighted by atomic mass is 10.2. The zero-order chi connectivity index (χ0) is 12.9. The van der Waals surface area contributed by atoms with Crippen LogP contribution in [0.1, 0.15) is 12.6 Å². The summed E-state index contributed by atoms with van der Waals surface area (Å²) in [5.74, 6) is 0. The second kappa shape index (κ2) is 4.38. The monoisotopic (exact) mass is 370 g/mol. The van der Waals surface area contributed by atoms with E-state index in [9.17, 15) is 0 Å². The Hall–Kier alpha value is -0.810. The number of aromatic nitrogens is 2. The maximum atomic E-state index is 6.19. The third kappa shape index (κ3) is 1.64. The summed E-state index contributed by atoms with van der Waals surface area (Å²) in [5.41, 5.74) is 3.54. The van der Waals surface area contributed by atoms with Crippen LogP contribution in [0, 0.1) is 10.5 Å². The quantitative estimate of drug-likeness (QED) is 0.564. The highest BCUT2D eigenvalue weighted by atomic mass is 127. The van der Waals surface area contributed by atoms with Gasteiger partial charge in [-0.15, -0.1) is 0 Å². The van der Waals surface area contributed by atoms with Gasteiger partial charge in [-0.1, -0.05) is 11.6 Å². The molecule has 2 heterocycles. The molecule has 0 spiro atoms. The van der Waals surface area contributed by atoms with Crippen LogP contribution < -0.4 is 0 Å². The lowest BCUT2D eigenvalue weighted by molar-refractivity contribution is 0.820. The SMILES string of the molecule is CCn1c2c(I)cc(Cl)cc2c2ccnc(C)c21. The molecule has 0 saturated heterocycles. The molecule has 2 aromatic heterocycles. The first-order chi connectivity index (χ1) is 8.63. The summed E-state index contributed by atoms with van der Waals surface area (Å²) >= 11 is 8.54. The van der Waals surface area contributed by atoms with Gasteiger partial charge >= 0.3 is 0 Å². The summed E-state index contributed by atoms with van der Waals surface area (Å²) in [7, 11) is 0. The van der Waals surface area contributed by atoms with Gasteiger partial charge in [0.1, 0.15) is 0 Å². The van der Waals surface area contributed by atoms with Crippen molar-refractivity contribution >= 4 is 56.0 Å². The van der Waals surface area contributed by atoms with Gasteiger partial charge in [-0.2, -0.15) is 0 Å². The normalized spacial score (nSPS) is 11.6. The molecule has 0 N–H and O–H groups in total. The number of aryl methyl sites for hydroxylation is 2. The van der Waals surface area contributed by atoms with Crippen molar-refractivity contribution in [3.05, 3.63) is 38.7 Å². The maximum absolute atomic E-state index is 6.19. The minimum Gasteiger partial charge on any atom is -0.338 e. The molecule has 0 unspecified atom stereocenters. The molecular formula is C14H12ClIN2. The van der Waals surface area contributed by atoms with E-state index in [4.69, 9.17) is 11.6 Å². The van der Waals surface area contributed by atoms with E-state index >= 15 is 0 Å². The number of hydrogen-bond donors (Lipinski definition) is 0. The van der Waals surface area contributed by atoms with Crippen LogP contribution in [0.15, 0.2) is 24.4 Å². The number of benzene rings is 1. The molecule has 0 aliphatic carbocycles. The van der Waals surface area contributed by atoms with E-state index in [0.29, 0.717) is 0 Å². The summed E-state index contributed by atoms with van der Waals surface area (Å²) in [6.45, 7) is 5.15. The van der Waals surface area contributed by atoms with Crippen LogP contribution >= 0.6 is 34.2 Å². The third-order valence-corrected chi connectivity index (χ3v) is 4.32. The Bertz CT molecular complexity index is 761. The molecule has 0 radical (unpaired) electrons. The Labute approximate surface area is 124 Å². The average molecular weight is 371 g/mol. The molecule has 18 heavy (non-hydrogen) atoms. The fourth-order valence-corrected chi connectivity index (χ4v) is 3.91. The predicted octanol–water partition coefficient (Wildman–Crippen LogP) is 4.78. The molecule has 1 aromatic carbocycles. The molecule has 0 fully saturated rings. The molecule has 0 bridgehead atoms. The van der Waals surface area contributed by atoms with Crippen molar-refractivity contribution in [3.63, 3.8) is 0 Å². The number of halogens is 2. The second-order valence-electron chi connectivity index (χ2n) is 4.32. The van der Waals surface area contributed by atoms with Crippen LogP contribution in [-0.4, -0.2) is 9.55 Å². The van der Waals surface area contributed by atoms with Crippen LogP contribution in [0.5, 0.6) is 0 Å². The van der Waals surface area contributed by atoms with E-state index in [2.05, 4.69) is 52.1 Å². The molecule has 3 aromatic rings. The van der Waals surface area contributed by atoms with E-state index in [1.807, 2.05) is 18.3 Å². The first-order valence-corrected chi connectivity index (χ1v) is 7.31. The minimum atomic E-state index is 0.788. The van der Waals surface area contributed by atoms with Gasteiger partial charge in [0.15, 0.2) is 0 Å². The van der Waals surface area contributed by atoms with Crippen molar-refractivity contribution in [2.24, 2.45) is 0 Å². The van der Waals surface area contributed by atoms with E-state index in [-0.39, 0.29) is 0 Å². The molecule has 4 heteroatoms. The summed E-state index contributed by atoms with van der Waals surface area (Å²) in [4.78, 5) is 4.41. The topological polar surface area (TPSA) is 17.8 Å². The molecule has 3 rings (SSSR count). The lowest BCUT2D eigenvalue weighted by Crippen LogP contribution is -1.97. The zero-order valence-electron chi connectivity index (χ0n) is 10.2. The molecule has 0 saturated carbocycles. The van der Waals surface area contributed by atoms with Crippen LogP contribution in [0.25, 0.3) is 21.8 Å². The molecular weight excluding hydrogens is 359 g/mol. The third-order valence-electron chi connectivity index (χ3n) is 3.28. The largest absolute Gasteiger partial charge is 0.338 e.